The highest BCUT2D eigenvalue weighted by molar-refractivity contribution is 5.67. The normalized spacial score (nSPS) is 20.8. The van der Waals surface area contributed by atoms with Gasteiger partial charge in [0.15, 0.2) is 0 Å². The van der Waals surface area contributed by atoms with E-state index in [2.05, 4.69) is 119 Å². The lowest BCUT2D eigenvalue weighted by molar-refractivity contribution is 0.520. The first-order chi connectivity index (χ1) is 15.9. The van der Waals surface area contributed by atoms with Gasteiger partial charge < -0.3 is 10.2 Å². The van der Waals surface area contributed by atoms with E-state index in [0.717, 1.165) is 25.7 Å². The lowest BCUT2D eigenvalue weighted by atomic mass is 9.74. The minimum Gasteiger partial charge on any atom is -0.358 e. The number of hydrogen-bond donors (Lipinski definition) is 1. The van der Waals surface area contributed by atoms with Crippen LogP contribution in [-0.4, -0.2) is 11.9 Å². The van der Waals surface area contributed by atoms with Gasteiger partial charge in [0.1, 0.15) is 0 Å². The van der Waals surface area contributed by atoms with E-state index >= 15 is 0 Å². The van der Waals surface area contributed by atoms with Crippen LogP contribution in [0.5, 0.6) is 0 Å². The molecule has 0 saturated carbocycles. The first-order valence-corrected chi connectivity index (χ1v) is 12.3. The summed E-state index contributed by atoms with van der Waals surface area (Å²) in [5, 5.41) is 3.76. The van der Waals surface area contributed by atoms with Crippen molar-refractivity contribution in [3.8, 4) is 0 Å². The third kappa shape index (κ3) is 5.33. The van der Waals surface area contributed by atoms with Crippen molar-refractivity contribution in [3.05, 3.63) is 113 Å². The van der Waals surface area contributed by atoms with E-state index in [1.54, 1.807) is 0 Å². The van der Waals surface area contributed by atoms with E-state index in [1.807, 2.05) is 6.20 Å². The number of allylic oxidation sites excluding steroid dienone is 8. The molecule has 174 valence electrons. The van der Waals surface area contributed by atoms with Gasteiger partial charge in [-0.3, -0.25) is 0 Å². The second kappa shape index (κ2) is 10.7. The molecule has 0 fully saturated rings. The number of rotatable bonds is 8. The minimum absolute atomic E-state index is 0.0206. The average molecular weight is 441 g/mol. The van der Waals surface area contributed by atoms with Gasteiger partial charge in [0.2, 0.25) is 0 Å². The van der Waals surface area contributed by atoms with Gasteiger partial charge in [0.25, 0.3) is 0 Å². The first-order valence-electron chi connectivity index (χ1n) is 12.3. The van der Waals surface area contributed by atoms with Gasteiger partial charge in [0.05, 0.1) is 0 Å². The fourth-order valence-corrected chi connectivity index (χ4v) is 4.78. The van der Waals surface area contributed by atoms with Crippen molar-refractivity contribution in [2.45, 2.75) is 60.3 Å². The molecule has 2 aliphatic rings. The van der Waals surface area contributed by atoms with Crippen LogP contribution in [0.2, 0.25) is 0 Å². The molecule has 1 atom stereocenters. The molecule has 0 spiro atoms. The zero-order valence-electron chi connectivity index (χ0n) is 21.3. The summed E-state index contributed by atoms with van der Waals surface area (Å²) < 4.78 is 0. The predicted octanol–water partition coefficient (Wildman–Crippen LogP) is 7.85. The van der Waals surface area contributed by atoms with Crippen LogP contribution in [0.15, 0.2) is 96.1 Å². The Hall–Kier alpha value is -3.00. The maximum Gasteiger partial charge on any atom is 0.0430 e. The quantitative estimate of drug-likeness (QED) is 0.414. The molecule has 0 aromatic heterocycles. The van der Waals surface area contributed by atoms with Gasteiger partial charge in [-0.15, -0.1) is 0 Å². The molecule has 0 radical (unpaired) electrons. The van der Waals surface area contributed by atoms with Gasteiger partial charge in [0, 0.05) is 36.0 Å². The van der Waals surface area contributed by atoms with Crippen LogP contribution in [0.1, 0.15) is 64.2 Å². The molecule has 2 aliphatic carbocycles. The number of benzene rings is 1. The molecular formula is C31H40N2. The number of hydrogen-bond acceptors (Lipinski definition) is 2. The van der Waals surface area contributed by atoms with Crippen molar-refractivity contribution < 1.29 is 0 Å². The predicted molar refractivity (Wildman–Crippen MR) is 144 cm³/mol. The number of fused-ring (bicyclic) bond motifs is 1. The maximum atomic E-state index is 3.94. The first kappa shape index (κ1) is 24.6. The van der Waals surface area contributed by atoms with Crippen LogP contribution in [0.25, 0.3) is 5.70 Å². The van der Waals surface area contributed by atoms with Crippen LogP contribution >= 0.6 is 0 Å². The largest absolute Gasteiger partial charge is 0.358 e. The fourth-order valence-electron chi connectivity index (χ4n) is 4.78. The van der Waals surface area contributed by atoms with Gasteiger partial charge in [-0.1, -0.05) is 69.9 Å². The topological polar surface area (TPSA) is 15.3 Å². The summed E-state index contributed by atoms with van der Waals surface area (Å²) in [4.78, 5) is 2.09. The van der Waals surface area contributed by atoms with Crippen molar-refractivity contribution in [1.29, 1.82) is 0 Å². The maximum absolute atomic E-state index is 3.94. The van der Waals surface area contributed by atoms with Gasteiger partial charge in [-0.25, -0.2) is 0 Å². The number of likely N-dealkylation sites (N-methyl/N-ethyl adjacent to an activating group) is 1. The Balaban J connectivity index is 1.94. The molecule has 1 N–H and O–H groups in total. The van der Waals surface area contributed by atoms with Gasteiger partial charge in [-0.05, 0) is 85.4 Å². The van der Waals surface area contributed by atoms with E-state index < -0.39 is 0 Å². The molecule has 1 unspecified atom stereocenters. The third-order valence-corrected chi connectivity index (χ3v) is 6.96. The van der Waals surface area contributed by atoms with Crippen molar-refractivity contribution in [1.82, 2.24) is 10.2 Å². The summed E-state index contributed by atoms with van der Waals surface area (Å²) in [6.45, 7) is 14.9. The Labute approximate surface area is 201 Å². The molecule has 1 aromatic carbocycles. The number of nitrogens with zero attached hydrogens (tertiary/aromatic N) is 1. The summed E-state index contributed by atoms with van der Waals surface area (Å²) in [7, 11) is 2.05. The van der Waals surface area contributed by atoms with Gasteiger partial charge >= 0.3 is 0 Å². The molecule has 0 heterocycles. The van der Waals surface area contributed by atoms with Gasteiger partial charge in [-0.2, -0.15) is 0 Å². The average Bonchev–Trinajstić information content (AvgIpc) is 3.00. The van der Waals surface area contributed by atoms with Crippen LogP contribution < -0.4 is 5.32 Å². The summed E-state index contributed by atoms with van der Waals surface area (Å²) in [6, 6.07) is 6.89. The van der Waals surface area contributed by atoms with Crippen molar-refractivity contribution >= 4 is 5.70 Å². The Morgan fingerprint density at radius 3 is 2.52 bits per heavy atom. The second-order valence-corrected chi connectivity index (χ2v) is 9.14. The zero-order valence-corrected chi connectivity index (χ0v) is 21.3. The highest BCUT2D eigenvalue weighted by Gasteiger charge is 2.29. The standard InChI is InChI=1S/C31H40N2/c1-8-23-15-16-25(20-24(23)9-2)29(10-3)32-28-14-13-18-31(6)19-17-26(21-27(31)22-28)30(11-4)33(7)12-5/h10-13,15-18,20-22,32H,5,8-9,14,19H2,1-4,6-7H3/b29-10+,30-11-. The Kier molecular flexibility index (Phi) is 8.02. The van der Waals surface area contributed by atoms with Crippen molar-refractivity contribution in [2.24, 2.45) is 5.41 Å². The lowest BCUT2D eigenvalue weighted by Crippen LogP contribution is -2.20. The Morgan fingerprint density at radius 2 is 1.88 bits per heavy atom. The smallest absolute Gasteiger partial charge is 0.0430 e. The molecule has 1 aromatic rings. The fraction of sp³-hybridized carbons (Fsp3) is 0.355. The number of nitrogens with one attached hydrogen (secondary N) is 1. The van der Waals surface area contributed by atoms with E-state index in [0.29, 0.717) is 0 Å². The Morgan fingerprint density at radius 1 is 1.12 bits per heavy atom. The zero-order chi connectivity index (χ0) is 24.0. The lowest BCUT2D eigenvalue weighted by Gasteiger charge is -2.32. The van der Waals surface area contributed by atoms with E-state index in [4.69, 9.17) is 0 Å². The molecule has 2 nitrogen and oxygen atoms in total. The van der Waals surface area contributed by atoms with Crippen LogP contribution in [0.3, 0.4) is 0 Å². The Bertz CT molecular complexity index is 1070. The highest BCUT2D eigenvalue weighted by atomic mass is 15.1. The summed E-state index contributed by atoms with van der Waals surface area (Å²) >= 11 is 0. The molecule has 0 saturated heterocycles. The monoisotopic (exact) mass is 440 g/mol. The van der Waals surface area contributed by atoms with E-state index in [9.17, 15) is 0 Å². The molecule has 0 bridgehead atoms. The molecule has 3 rings (SSSR count). The molecule has 33 heavy (non-hydrogen) atoms. The minimum atomic E-state index is 0.0206. The van der Waals surface area contributed by atoms with Crippen LogP contribution in [-0.2, 0) is 12.8 Å². The van der Waals surface area contributed by atoms with Crippen molar-refractivity contribution in [2.75, 3.05) is 7.05 Å². The summed E-state index contributed by atoms with van der Waals surface area (Å²) in [5.41, 5.74) is 10.3. The van der Waals surface area contributed by atoms with Crippen molar-refractivity contribution in [3.63, 3.8) is 0 Å². The second-order valence-electron chi connectivity index (χ2n) is 9.14. The molecule has 2 heteroatoms. The van der Waals surface area contributed by atoms with Crippen LogP contribution in [0, 0.1) is 5.41 Å². The summed E-state index contributed by atoms with van der Waals surface area (Å²) in [5.74, 6) is 0. The molecule has 0 aliphatic heterocycles. The van der Waals surface area contributed by atoms with E-state index in [-0.39, 0.29) is 5.41 Å². The molecular weight excluding hydrogens is 400 g/mol. The van der Waals surface area contributed by atoms with Crippen LogP contribution in [0.4, 0.5) is 0 Å². The SMILES string of the molecule is C=CN(C)/C(=C\C)C1=CCC2(C)C=CCC(N/C(=C/C)c3ccc(CC)c(CC)c3)=CC2=C1. The highest BCUT2D eigenvalue weighted by Crippen LogP contribution is 2.42. The van der Waals surface area contributed by atoms with E-state index in [1.165, 1.54) is 44.9 Å². The molecule has 0 amide bonds. The summed E-state index contributed by atoms with van der Waals surface area (Å²) in [6.07, 6.45) is 22.0. The third-order valence-electron chi connectivity index (χ3n) is 6.96. The number of aryl methyl sites for hydroxylation is 2.